The monoisotopic (exact) mass is 277 g/mol. The van der Waals surface area contributed by atoms with Crippen LogP contribution in [0.2, 0.25) is 10.2 Å². The summed E-state index contributed by atoms with van der Waals surface area (Å²) in [6, 6.07) is 1.27. The highest BCUT2D eigenvalue weighted by Crippen LogP contribution is 2.17. The number of aliphatic hydroxyl groups is 1. The first kappa shape index (κ1) is 13.7. The largest absolute Gasteiger partial charge is 0.381 e. The van der Waals surface area contributed by atoms with E-state index in [1.165, 1.54) is 12.3 Å². The van der Waals surface area contributed by atoms with Crippen LogP contribution in [0.25, 0.3) is 0 Å². The molecule has 1 aromatic heterocycles. The maximum Gasteiger partial charge on any atom is 0.253 e. The Morgan fingerprint density at radius 1 is 1.53 bits per heavy atom. The fraction of sp³-hybridized carbons (Fsp3) is 0.222. The Kier molecular flexibility index (Phi) is 4.68. The van der Waals surface area contributed by atoms with E-state index in [0.717, 1.165) is 0 Å². The van der Waals surface area contributed by atoms with E-state index in [9.17, 15) is 9.59 Å². The van der Waals surface area contributed by atoms with E-state index in [4.69, 9.17) is 34.0 Å². The lowest BCUT2D eigenvalue weighted by molar-refractivity contribution is -0.125. The number of amides is 2. The molecule has 2 amide bonds. The predicted molar refractivity (Wildman–Crippen MR) is 61.8 cm³/mol. The molecule has 8 heteroatoms. The summed E-state index contributed by atoms with van der Waals surface area (Å²) in [7, 11) is 0. The van der Waals surface area contributed by atoms with E-state index in [-0.39, 0.29) is 22.3 Å². The van der Waals surface area contributed by atoms with E-state index in [1.807, 2.05) is 0 Å². The van der Waals surface area contributed by atoms with Crippen molar-refractivity contribution in [1.82, 2.24) is 10.3 Å². The maximum absolute atomic E-state index is 11.6. The zero-order valence-electron chi connectivity index (χ0n) is 8.48. The number of aliphatic hydroxyl groups excluding tert-OH is 1. The molecule has 0 radical (unpaired) electrons. The molecule has 0 aliphatic carbocycles. The smallest absolute Gasteiger partial charge is 0.253 e. The second-order valence-electron chi connectivity index (χ2n) is 3.12. The molecule has 92 valence electrons. The fourth-order valence-corrected chi connectivity index (χ4v) is 1.32. The molecule has 6 nitrogen and oxygen atoms in total. The van der Waals surface area contributed by atoms with Crippen molar-refractivity contribution in [3.63, 3.8) is 0 Å². The molecular formula is C9H9Cl2N3O3. The molecular weight excluding hydrogens is 269 g/mol. The molecule has 0 aliphatic rings. The topological polar surface area (TPSA) is 105 Å². The number of aromatic nitrogens is 1. The molecule has 1 unspecified atom stereocenters. The summed E-state index contributed by atoms with van der Waals surface area (Å²) in [6.07, 6.45) is -0.224. The number of nitrogens with two attached hydrogens (primary N) is 1. The Morgan fingerprint density at radius 2 is 2.18 bits per heavy atom. The molecule has 0 aliphatic heterocycles. The van der Waals surface area contributed by atoms with Crippen LogP contribution in [0.3, 0.4) is 0 Å². The van der Waals surface area contributed by atoms with Gasteiger partial charge in [-0.05, 0) is 6.07 Å². The van der Waals surface area contributed by atoms with Crippen LogP contribution in [0, 0.1) is 0 Å². The van der Waals surface area contributed by atoms with Gasteiger partial charge >= 0.3 is 0 Å². The second-order valence-corrected chi connectivity index (χ2v) is 3.91. The van der Waals surface area contributed by atoms with Gasteiger partial charge in [-0.25, -0.2) is 4.98 Å². The first-order valence-corrected chi connectivity index (χ1v) is 5.24. The van der Waals surface area contributed by atoms with Gasteiger partial charge in [0.2, 0.25) is 5.91 Å². The van der Waals surface area contributed by atoms with E-state index in [2.05, 4.69) is 10.3 Å². The summed E-state index contributed by atoms with van der Waals surface area (Å²) >= 11 is 11.3. The van der Waals surface area contributed by atoms with Crippen LogP contribution in [0.4, 0.5) is 0 Å². The molecule has 1 aromatic rings. The lowest BCUT2D eigenvalue weighted by Crippen LogP contribution is -2.40. The van der Waals surface area contributed by atoms with Crippen molar-refractivity contribution >= 4 is 35.0 Å². The van der Waals surface area contributed by atoms with Crippen LogP contribution < -0.4 is 11.1 Å². The number of nitrogens with one attached hydrogen (secondary N) is 1. The zero-order chi connectivity index (χ0) is 13.0. The molecule has 0 saturated carbocycles. The summed E-state index contributed by atoms with van der Waals surface area (Å²) in [6.45, 7) is -0.301. The van der Waals surface area contributed by atoms with Gasteiger partial charge in [0.05, 0.1) is 17.1 Å². The fourth-order valence-electron chi connectivity index (χ4n) is 0.972. The normalized spacial score (nSPS) is 11.9. The summed E-state index contributed by atoms with van der Waals surface area (Å²) in [5, 5.41) is 11.6. The number of hydrogen-bond acceptors (Lipinski definition) is 4. The van der Waals surface area contributed by atoms with E-state index in [0.29, 0.717) is 0 Å². The Labute approximate surface area is 107 Å². The standard InChI is InChI=1S/C9H9Cl2N3O3/c10-5-2-13-7(11)1-4(5)9(17)14-3-6(15)8(12)16/h1-2,6,15H,3H2,(H2,12,16)(H,14,17). The van der Waals surface area contributed by atoms with Gasteiger partial charge in [0, 0.05) is 6.20 Å². The maximum atomic E-state index is 11.6. The molecule has 1 atom stereocenters. The molecule has 4 N–H and O–H groups in total. The van der Waals surface area contributed by atoms with E-state index >= 15 is 0 Å². The van der Waals surface area contributed by atoms with Gasteiger partial charge in [-0.15, -0.1) is 0 Å². The van der Waals surface area contributed by atoms with Gasteiger partial charge in [0.15, 0.2) is 0 Å². The Morgan fingerprint density at radius 3 is 2.76 bits per heavy atom. The number of carbonyl (C=O) groups excluding carboxylic acids is 2. The van der Waals surface area contributed by atoms with Crippen molar-refractivity contribution in [1.29, 1.82) is 0 Å². The number of halogens is 2. The highest BCUT2D eigenvalue weighted by Gasteiger charge is 2.15. The number of rotatable bonds is 4. The van der Waals surface area contributed by atoms with Crippen molar-refractivity contribution in [2.75, 3.05) is 6.54 Å². The average Bonchev–Trinajstić information content (AvgIpc) is 2.28. The number of carbonyl (C=O) groups is 2. The van der Waals surface area contributed by atoms with Crippen LogP contribution in [-0.4, -0.2) is 34.6 Å². The minimum atomic E-state index is -1.45. The zero-order valence-corrected chi connectivity index (χ0v) is 10.00. The van der Waals surface area contributed by atoms with Gasteiger partial charge in [-0.2, -0.15) is 0 Å². The number of nitrogens with zero attached hydrogens (tertiary/aromatic N) is 1. The van der Waals surface area contributed by atoms with Gasteiger partial charge in [0.25, 0.3) is 5.91 Å². The van der Waals surface area contributed by atoms with E-state index in [1.54, 1.807) is 0 Å². The molecule has 0 aromatic carbocycles. The van der Waals surface area contributed by atoms with Crippen molar-refractivity contribution in [3.8, 4) is 0 Å². The first-order chi connectivity index (χ1) is 7.91. The molecule has 1 rings (SSSR count). The minimum Gasteiger partial charge on any atom is -0.381 e. The Hall–Kier alpha value is -1.37. The van der Waals surface area contributed by atoms with Crippen LogP contribution in [0.5, 0.6) is 0 Å². The highest BCUT2D eigenvalue weighted by molar-refractivity contribution is 6.35. The van der Waals surface area contributed by atoms with Crippen LogP contribution in [-0.2, 0) is 4.79 Å². The lowest BCUT2D eigenvalue weighted by atomic mass is 10.2. The quantitative estimate of drug-likeness (QED) is 0.672. The molecule has 0 bridgehead atoms. The van der Waals surface area contributed by atoms with Crippen molar-refractivity contribution in [3.05, 3.63) is 28.0 Å². The lowest BCUT2D eigenvalue weighted by Gasteiger charge is -2.09. The highest BCUT2D eigenvalue weighted by atomic mass is 35.5. The predicted octanol–water partition coefficient (Wildman–Crippen LogP) is -0.0356. The van der Waals surface area contributed by atoms with Gasteiger partial charge in [-0.1, -0.05) is 23.2 Å². The molecule has 0 fully saturated rings. The summed E-state index contributed by atoms with van der Waals surface area (Å²) in [5.74, 6) is -1.51. The third kappa shape index (κ3) is 3.85. The van der Waals surface area contributed by atoms with Gasteiger partial charge in [0.1, 0.15) is 11.3 Å². The van der Waals surface area contributed by atoms with Crippen LogP contribution in [0.15, 0.2) is 12.3 Å². The summed E-state index contributed by atoms with van der Waals surface area (Å²) < 4.78 is 0. The van der Waals surface area contributed by atoms with Crippen molar-refractivity contribution in [2.45, 2.75) is 6.10 Å². The molecule has 0 spiro atoms. The third-order valence-electron chi connectivity index (χ3n) is 1.85. The average molecular weight is 278 g/mol. The number of hydrogen-bond donors (Lipinski definition) is 3. The Balaban J connectivity index is 2.70. The van der Waals surface area contributed by atoms with Crippen molar-refractivity contribution < 1.29 is 14.7 Å². The van der Waals surface area contributed by atoms with E-state index < -0.39 is 17.9 Å². The van der Waals surface area contributed by atoms with Crippen LogP contribution in [0.1, 0.15) is 10.4 Å². The first-order valence-electron chi connectivity index (χ1n) is 4.48. The molecule has 1 heterocycles. The SMILES string of the molecule is NC(=O)C(O)CNC(=O)c1cc(Cl)ncc1Cl. The van der Waals surface area contributed by atoms with Crippen LogP contribution >= 0.6 is 23.2 Å². The van der Waals surface area contributed by atoms with Crippen molar-refractivity contribution in [2.24, 2.45) is 5.73 Å². The second kappa shape index (κ2) is 5.81. The Bertz CT molecular complexity index is 453. The number of pyridine rings is 1. The minimum absolute atomic E-state index is 0.100. The third-order valence-corrected chi connectivity index (χ3v) is 2.36. The summed E-state index contributed by atoms with van der Waals surface area (Å²) in [5.41, 5.74) is 4.92. The molecule has 17 heavy (non-hydrogen) atoms. The molecule has 0 saturated heterocycles. The van der Waals surface area contributed by atoms with Gasteiger partial charge < -0.3 is 16.2 Å². The van der Waals surface area contributed by atoms with Gasteiger partial charge in [-0.3, -0.25) is 9.59 Å². The number of primary amides is 1. The summed E-state index contributed by atoms with van der Waals surface area (Å²) in [4.78, 5) is 25.8.